The lowest BCUT2D eigenvalue weighted by atomic mass is 10.2. The van der Waals surface area contributed by atoms with Crippen LogP contribution in [0.1, 0.15) is 5.69 Å². The molecule has 0 unspecified atom stereocenters. The fourth-order valence-electron chi connectivity index (χ4n) is 1.78. The van der Waals surface area contributed by atoms with Crippen molar-refractivity contribution in [2.24, 2.45) is 0 Å². The monoisotopic (exact) mass is 292 g/mol. The zero-order valence-electron chi connectivity index (χ0n) is 10.4. The molecule has 0 aliphatic rings. The Hall–Kier alpha value is -2.28. The van der Waals surface area contributed by atoms with Crippen molar-refractivity contribution in [3.8, 4) is 11.3 Å². The molecule has 7 heteroatoms. The van der Waals surface area contributed by atoms with Crippen LogP contribution in [0.3, 0.4) is 0 Å². The lowest BCUT2D eigenvalue weighted by Crippen LogP contribution is -1.94. The Morgan fingerprint density at radius 3 is 2.90 bits per heavy atom. The van der Waals surface area contributed by atoms with E-state index in [0.717, 1.165) is 35.2 Å². The van der Waals surface area contributed by atoms with Gasteiger partial charge in [0.25, 0.3) is 0 Å². The first kappa shape index (κ1) is 12.7. The van der Waals surface area contributed by atoms with Crippen molar-refractivity contribution in [2.45, 2.75) is 6.92 Å². The molecule has 0 aliphatic carbocycles. The molecule has 2 aromatic heterocycles. The zero-order chi connectivity index (χ0) is 14.1. The second kappa shape index (κ2) is 5.01. The summed E-state index contributed by atoms with van der Waals surface area (Å²) in [5.41, 5.74) is 2.52. The van der Waals surface area contributed by atoms with E-state index >= 15 is 0 Å². The predicted octanol–water partition coefficient (Wildman–Crippen LogP) is 3.86. The number of benzene rings is 1. The summed E-state index contributed by atoms with van der Waals surface area (Å²) in [5.74, 6) is -1.03. The Balaban J connectivity index is 1.88. The van der Waals surface area contributed by atoms with Crippen LogP contribution in [0, 0.1) is 18.6 Å². The van der Waals surface area contributed by atoms with E-state index in [1.807, 2.05) is 12.3 Å². The van der Waals surface area contributed by atoms with E-state index in [2.05, 4.69) is 20.5 Å². The molecular weight excluding hydrogens is 282 g/mol. The van der Waals surface area contributed by atoms with Gasteiger partial charge in [0.15, 0.2) is 5.13 Å². The van der Waals surface area contributed by atoms with Crippen molar-refractivity contribution in [2.75, 3.05) is 5.32 Å². The molecule has 3 aromatic rings. The lowest BCUT2D eigenvalue weighted by Gasteiger charge is -2.03. The molecule has 4 nitrogen and oxygen atoms in total. The standard InChI is InChI=1S/C13H10F2N4S/c1-7-9(5-16-19-7)12-6-20-13(18-12)17-11-4-8(14)2-3-10(11)15/h2-6H,1H3,(H,16,19)(H,17,18). The molecule has 2 N–H and O–H groups in total. The van der Waals surface area contributed by atoms with Crippen LogP contribution in [0.2, 0.25) is 0 Å². The zero-order valence-corrected chi connectivity index (χ0v) is 11.3. The number of anilines is 2. The summed E-state index contributed by atoms with van der Waals surface area (Å²) in [6.07, 6.45) is 1.75. The first-order chi connectivity index (χ1) is 9.63. The Bertz CT molecular complexity index is 750. The molecule has 0 atom stereocenters. The van der Waals surface area contributed by atoms with Crippen LogP contribution in [0.5, 0.6) is 0 Å². The number of hydrogen-bond acceptors (Lipinski definition) is 4. The number of nitrogens with one attached hydrogen (secondary N) is 2. The predicted molar refractivity (Wildman–Crippen MR) is 74.1 cm³/mol. The highest BCUT2D eigenvalue weighted by molar-refractivity contribution is 7.14. The summed E-state index contributed by atoms with van der Waals surface area (Å²) in [4.78, 5) is 4.34. The highest BCUT2D eigenvalue weighted by Crippen LogP contribution is 2.29. The second-order valence-electron chi connectivity index (χ2n) is 4.17. The van der Waals surface area contributed by atoms with Gasteiger partial charge in [-0.1, -0.05) is 0 Å². The molecule has 102 valence electrons. The molecular formula is C13H10F2N4S. The van der Waals surface area contributed by atoms with E-state index in [4.69, 9.17) is 0 Å². The number of rotatable bonds is 3. The van der Waals surface area contributed by atoms with Gasteiger partial charge in [0.05, 0.1) is 17.1 Å². The maximum absolute atomic E-state index is 13.5. The molecule has 0 aliphatic heterocycles. The van der Waals surface area contributed by atoms with Gasteiger partial charge in [0.2, 0.25) is 0 Å². The maximum atomic E-state index is 13.5. The van der Waals surface area contributed by atoms with Crippen molar-refractivity contribution >= 4 is 22.2 Å². The van der Waals surface area contributed by atoms with E-state index in [1.54, 1.807) is 6.20 Å². The van der Waals surface area contributed by atoms with Gasteiger partial charge >= 0.3 is 0 Å². The van der Waals surface area contributed by atoms with Gasteiger partial charge in [-0.25, -0.2) is 13.8 Å². The Morgan fingerprint density at radius 1 is 1.30 bits per heavy atom. The first-order valence-corrected chi connectivity index (χ1v) is 6.70. The van der Waals surface area contributed by atoms with Crippen molar-refractivity contribution in [3.05, 3.63) is 47.1 Å². The molecule has 20 heavy (non-hydrogen) atoms. The fourth-order valence-corrected chi connectivity index (χ4v) is 2.50. The van der Waals surface area contributed by atoms with E-state index in [9.17, 15) is 8.78 Å². The third kappa shape index (κ3) is 2.39. The van der Waals surface area contributed by atoms with Crippen LogP contribution < -0.4 is 5.32 Å². The molecule has 0 saturated carbocycles. The summed E-state index contributed by atoms with van der Waals surface area (Å²) in [6, 6.07) is 3.24. The minimum Gasteiger partial charge on any atom is -0.329 e. The van der Waals surface area contributed by atoms with Gasteiger partial charge in [-0.2, -0.15) is 5.10 Å². The second-order valence-corrected chi connectivity index (χ2v) is 5.03. The van der Waals surface area contributed by atoms with E-state index in [1.165, 1.54) is 11.3 Å². The van der Waals surface area contributed by atoms with Crippen LogP contribution in [-0.2, 0) is 0 Å². The topological polar surface area (TPSA) is 53.6 Å². The van der Waals surface area contributed by atoms with Crippen molar-refractivity contribution in [1.82, 2.24) is 15.2 Å². The lowest BCUT2D eigenvalue weighted by molar-refractivity contribution is 0.603. The molecule has 0 bridgehead atoms. The molecule has 2 heterocycles. The van der Waals surface area contributed by atoms with Gasteiger partial charge in [0, 0.05) is 23.2 Å². The Labute approximate surface area is 117 Å². The Kier molecular flexibility index (Phi) is 3.19. The van der Waals surface area contributed by atoms with Crippen LogP contribution in [0.4, 0.5) is 19.6 Å². The van der Waals surface area contributed by atoms with Gasteiger partial charge in [-0.05, 0) is 19.1 Å². The van der Waals surface area contributed by atoms with Crippen LogP contribution in [-0.4, -0.2) is 15.2 Å². The minimum atomic E-state index is -0.525. The number of hydrogen-bond donors (Lipinski definition) is 2. The maximum Gasteiger partial charge on any atom is 0.187 e. The summed E-state index contributed by atoms with van der Waals surface area (Å²) in [5, 5.41) is 11.9. The van der Waals surface area contributed by atoms with E-state index in [-0.39, 0.29) is 5.69 Å². The average Bonchev–Trinajstić information content (AvgIpc) is 3.02. The largest absolute Gasteiger partial charge is 0.329 e. The van der Waals surface area contributed by atoms with Gasteiger partial charge in [0.1, 0.15) is 11.6 Å². The third-order valence-electron chi connectivity index (χ3n) is 2.78. The van der Waals surface area contributed by atoms with Gasteiger partial charge in [-0.15, -0.1) is 11.3 Å². The molecule has 0 saturated heterocycles. The summed E-state index contributed by atoms with van der Waals surface area (Å²) < 4.78 is 26.6. The highest BCUT2D eigenvalue weighted by atomic mass is 32.1. The molecule has 0 spiro atoms. The quantitative estimate of drug-likeness (QED) is 0.770. The normalized spacial score (nSPS) is 10.8. The van der Waals surface area contributed by atoms with E-state index in [0.29, 0.717) is 5.13 Å². The van der Waals surface area contributed by atoms with Gasteiger partial charge < -0.3 is 5.32 Å². The number of aromatic nitrogens is 3. The number of nitrogens with zero attached hydrogens (tertiary/aromatic N) is 2. The SMILES string of the molecule is Cc1n[nH]cc1-c1csc(Nc2cc(F)ccc2F)n1. The smallest absolute Gasteiger partial charge is 0.187 e. The fraction of sp³-hybridized carbons (Fsp3) is 0.0769. The van der Waals surface area contributed by atoms with E-state index < -0.39 is 11.6 Å². The van der Waals surface area contributed by atoms with Crippen LogP contribution in [0.25, 0.3) is 11.3 Å². The van der Waals surface area contributed by atoms with Crippen LogP contribution in [0.15, 0.2) is 29.8 Å². The number of thiazole rings is 1. The van der Waals surface area contributed by atoms with Crippen LogP contribution >= 0.6 is 11.3 Å². The van der Waals surface area contributed by atoms with Crippen molar-refractivity contribution in [1.29, 1.82) is 0 Å². The molecule has 0 radical (unpaired) electrons. The number of halogens is 2. The van der Waals surface area contributed by atoms with Crippen molar-refractivity contribution < 1.29 is 8.78 Å². The van der Waals surface area contributed by atoms with Gasteiger partial charge in [-0.3, -0.25) is 5.10 Å². The summed E-state index contributed by atoms with van der Waals surface area (Å²) in [6.45, 7) is 1.87. The minimum absolute atomic E-state index is 0.0646. The highest BCUT2D eigenvalue weighted by Gasteiger charge is 2.10. The number of aryl methyl sites for hydroxylation is 1. The first-order valence-electron chi connectivity index (χ1n) is 5.82. The van der Waals surface area contributed by atoms with Crippen molar-refractivity contribution in [3.63, 3.8) is 0 Å². The number of H-pyrrole nitrogens is 1. The summed E-state index contributed by atoms with van der Waals surface area (Å²) >= 11 is 1.31. The Morgan fingerprint density at radius 2 is 2.15 bits per heavy atom. The molecule has 0 amide bonds. The summed E-state index contributed by atoms with van der Waals surface area (Å²) in [7, 11) is 0. The third-order valence-corrected chi connectivity index (χ3v) is 3.54. The molecule has 1 aromatic carbocycles. The number of aromatic amines is 1. The molecule has 3 rings (SSSR count). The molecule has 0 fully saturated rings. The average molecular weight is 292 g/mol.